The molecule has 0 spiro atoms. The van der Waals surface area contributed by atoms with E-state index in [1.54, 1.807) is 0 Å². The molecule has 33 heavy (non-hydrogen) atoms. The molecule has 18 nitrogen and oxygen atoms in total. The molecule has 0 aliphatic carbocycles. The number of carbonyl (C=O) groups is 3. The number of carbonyl (C=O) groups excluding carboxylic acids is 3. The van der Waals surface area contributed by atoms with Crippen molar-refractivity contribution in [3.05, 3.63) is 30.3 Å². The lowest BCUT2D eigenvalue weighted by atomic mass is 9.98. The molecule has 0 unspecified atom stereocenters. The van der Waals surface area contributed by atoms with Gasteiger partial charge >= 0.3 is 17.9 Å². The highest BCUT2D eigenvalue weighted by atomic mass is 16.7. The zero-order chi connectivity index (χ0) is 25.1. The predicted molar refractivity (Wildman–Crippen MR) is 97.0 cm³/mol. The highest BCUT2D eigenvalue weighted by molar-refractivity contribution is 5.71. The zero-order valence-corrected chi connectivity index (χ0v) is 16.9. The molecule has 2 N–H and O–H groups in total. The monoisotopic (exact) mass is 483 g/mol. The van der Waals surface area contributed by atoms with Crippen LogP contribution in [0.5, 0.6) is 0 Å². The van der Waals surface area contributed by atoms with Gasteiger partial charge in [-0.15, -0.1) is 0 Å². The van der Waals surface area contributed by atoms with Crippen molar-refractivity contribution in [1.82, 2.24) is 0 Å². The molecule has 18 heteroatoms. The van der Waals surface area contributed by atoms with Gasteiger partial charge in [0.25, 0.3) is 0 Å². The lowest BCUT2D eigenvalue weighted by Crippen LogP contribution is -2.61. The maximum atomic E-state index is 11.9. The van der Waals surface area contributed by atoms with Crippen LogP contribution in [0.25, 0.3) is 0 Å². The van der Waals surface area contributed by atoms with Crippen LogP contribution in [0.4, 0.5) is 0 Å². The third-order valence-corrected chi connectivity index (χ3v) is 4.08. The lowest BCUT2D eigenvalue weighted by Gasteiger charge is -2.41. The van der Waals surface area contributed by atoms with E-state index in [2.05, 4.69) is 0 Å². The topological polar surface area (TPSA) is 258 Å². The van der Waals surface area contributed by atoms with E-state index < -0.39 is 109 Å². The van der Waals surface area contributed by atoms with Gasteiger partial charge in [0.1, 0.15) is 38.1 Å². The summed E-state index contributed by atoms with van der Waals surface area (Å²) in [7, 11) is 0. The van der Waals surface area contributed by atoms with Crippen LogP contribution in [-0.4, -0.2) is 99.8 Å². The fraction of sp³-hybridized carbons (Fsp3) is 0.800. The average molecular weight is 483 g/mol. The molecule has 1 fully saturated rings. The Kier molecular flexibility index (Phi) is 11.0. The number of rotatable bonds is 13. The summed E-state index contributed by atoms with van der Waals surface area (Å²) in [5.41, 5.74) is 0. The molecule has 0 aromatic rings. The number of nitro groups is 3. The van der Waals surface area contributed by atoms with Crippen LogP contribution >= 0.6 is 0 Å². The minimum atomic E-state index is -2.07. The molecule has 0 amide bonds. The molecule has 0 saturated carbocycles. The maximum absolute atomic E-state index is 11.9. The second kappa shape index (κ2) is 13.1. The van der Waals surface area contributed by atoms with Crippen LogP contribution in [0.1, 0.15) is 19.3 Å². The Hall–Kier alpha value is -3.51. The molecular weight excluding hydrogens is 462 g/mol. The molecule has 0 bridgehead atoms. The quantitative estimate of drug-likeness (QED) is 0.118. The van der Waals surface area contributed by atoms with Crippen molar-refractivity contribution in [2.45, 2.75) is 50.0 Å². The van der Waals surface area contributed by atoms with E-state index in [9.17, 15) is 54.9 Å². The van der Waals surface area contributed by atoms with Crippen LogP contribution in [0, 0.1) is 30.3 Å². The van der Waals surface area contributed by atoms with Gasteiger partial charge in [0.15, 0.2) is 18.5 Å². The van der Waals surface area contributed by atoms with Gasteiger partial charge in [0, 0.05) is 14.8 Å². The lowest BCUT2D eigenvalue weighted by molar-refractivity contribution is -0.479. The van der Waals surface area contributed by atoms with Crippen molar-refractivity contribution in [2.24, 2.45) is 0 Å². The van der Waals surface area contributed by atoms with Gasteiger partial charge in [-0.2, -0.15) is 0 Å². The van der Waals surface area contributed by atoms with E-state index in [0.717, 1.165) is 0 Å². The van der Waals surface area contributed by atoms with Gasteiger partial charge in [0.05, 0.1) is 0 Å². The van der Waals surface area contributed by atoms with E-state index >= 15 is 0 Å². The van der Waals surface area contributed by atoms with Crippen LogP contribution in [0.3, 0.4) is 0 Å². The van der Waals surface area contributed by atoms with Gasteiger partial charge in [-0.3, -0.25) is 44.7 Å². The smallest absolute Gasteiger partial charge is 0.313 e. The highest BCUT2D eigenvalue weighted by Crippen LogP contribution is 2.26. The molecule has 186 valence electrons. The van der Waals surface area contributed by atoms with Crippen LogP contribution in [-0.2, 0) is 33.3 Å². The highest BCUT2D eigenvalue weighted by Gasteiger charge is 2.49. The summed E-state index contributed by atoms with van der Waals surface area (Å²) >= 11 is 0. The van der Waals surface area contributed by atoms with Gasteiger partial charge in [-0.1, -0.05) is 0 Å². The number of aliphatic hydroxyl groups is 2. The van der Waals surface area contributed by atoms with Gasteiger partial charge in [-0.25, -0.2) is 0 Å². The summed E-state index contributed by atoms with van der Waals surface area (Å²) < 4.78 is 19.5. The molecule has 0 radical (unpaired) electrons. The minimum absolute atomic E-state index is 0.603. The number of ether oxygens (including phenoxy) is 4. The van der Waals surface area contributed by atoms with Crippen molar-refractivity contribution in [3.63, 3.8) is 0 Å². The molecule has 1 heterocycles. The third kappa shape index (κ3) is 10.1. The van der Waals surface area contributed by atoms with Crippen molar-refractivity contribution in [2.75, 3.05) is 26.2 Å². The first-order valence-corrected chi connectivity index (χ1v) is 9.32. The summed E-state index contributed by atoms with van der Waals surface area (Å²) in [4.78, 5) is 63.9. The minimum Gasteiger partial charge on any atom is -0.463 e. The normalized spacial score (nSPS) is 24.4. The van der Waals surface area contributed by atoms with E-state index in [1.165, 1.54) is 0 Å². The Labute approximate surface area is 183 Å². The second-order valence-electron chi connectivity index (χ2n) is 6.57. The molecule has 5 atom stereocenters. The third-order valence-electron chi connectivity index (χ3n) is 4.08. The van der Waals surface area contributed by atoms with Crippen molar-refractivity contribution in [3.8, 4) is 0 Å². The Morgan fingerprint density at radius 3 is 1.64 bits per heavy atom. The van der Waals surface area contributed by atoms with Gasteiger partial charge in [-0.05, 0) is 0 Å². The van der Waals surface area contributed by atoms with Crippen molar-refractivity contribution in [1.29, 1.82) is 0 Å². The molecule has 0 aromatic heterocycles. The molecular formula is C15H21N3O15. The fourth-order valence-corrected chi connectivity index (χ4v) is 2.52. The molecule has 1 aliphatic rings. The summed E-state index contributed by atoms with van der Waals surface area (Å²) in [6.07, 6.45) is -11.3. The van der Waals surface area contributed by atoms with Crippen molar-refractivity contribution < 1.29 is 58.3 Å². The predicted octanol–water partition coefficient (Wildman–Crippen LogP) is -2.57. The number of nitrogens with zero attached hydrogens (tertiary/aromatic N) is 3. The van der Waals surface area contributed by atoms with E-state index in [4.69, 9.17) is 18.9 Å². The van der Waals surface area contributed by atoms with Crippen LogP contribution in [0.2, 0.25) is 0 Å². The SMILES string of the molecule is O=C(CC[N+](=O)[O-])OC[C@H]1O[C@H](O)[C@H](OC(=O)CC[N+](=O)[O-])[C@@H](OC(=O)CC[N+](=O)[O-])[C@@H]1O. The van der Waals surface area contributed by atoms with E-state index in [0.29, 0.717) is 0 Å². The number of hydrogen-bond acceptors (Lipinski definition) is 15. The largest absolute Gasteiger partial charge is 0.463 e. The molecule has 1 saturated heterocycles. The Morgan fingerprint density at radius 1 is 0.758 bits per heavy atom. The second-order valence-corrected chi connectivity index (χ2v) is 6.57. The van der Waals surface area contributed by atoms with E-state index in [1.807, 2.05) is 0 Å². The first-order chi connectivity index (χ1) is 15.4. The maximum Gasteiger partial charge on any atom is 0.313 e. The van der Waals surface area contributed by atoms with E-state index in [-0.39, 0.29) is 0 Å². The Morgan fingerprint density at radius 2 is 1.18 bits per heavy atom. The first-order valence-electron chi connectivity index (χ1n) is 9.32. The molecule has 1 aliphatic heterocycles. The fourth-order valence-electron chi connectivity index (χ4n) is 2.52. The Balaban J connectivity index is 2.89. The first kappa shape index (κ1) is 27.5. The average Bonchev–Trinajstić information content (AvgIpc) is 2.72. The van der Waals surface area contributed by atoms with Crippen LogP contribution in [0.15, 0.2) is 0 Å². The zero-order valence-electron chi connectivity index (χ0n) is 16.9. The summed E-state index contributed by atoms with van der Waals surface area (Å²) in [6, 6.07) is 0. The number of hydrogen-bond donors (Lipinski definition) is 2. The summed E-state index contributed by atoms with van der Waals surface area (Å²) in [5, 5.41) is 51.7. The van der Waals surface area contributed by atoms with Gasteiger partial charge < -0.3 is 29.2 Å². The molecule has 0 aromatic carbocycles. The Bertz CT molecular complexity index is 759. The molecule has 1 rings (SSSR count). The number of aliphatic hydroxyl groups excluding tert-OH is 2. The van der Waals surface area contributed by atoms with Crippen LogP contribution < -0.4 is 0 Å². The summed E-state index contributed by atoms with van der Waals surface area (Å²) in [6.45, 7) is -3.12. The summed E-state index contributed by atoms with van der Waals surface area (Å²) in [5.74, 6) is -3.45. The van der Waals surface area contributed by atoms with Crippen molar-refractivity contribution >= 4 is 17.9 Å². The van der Waals surface area contributed by atoms with Gasteiger partial charge in [0.2, 0.25) is 19.6 Å². The standard InChI is InChI=1S/C15H21N3O15/c19-9(1-4-16(24)25)30-7-8-12(22)13(32-10(20)2-5-17(26)27)14(15(23)31-8)33-11(21)3-6-18(28)29/h8,12-15,22-23H,1-7H2/t8-,12-,13+,14-,15+/m1/s1. The number of esters is 3.